The lowest BCUT2D eigenvalue weighted by Crippen LogP contribution is -2.51. The molecule has 2 N–H and O–H groups in total. The van der Waals surface area contributed by atoms with Crippen LogP contribution in [0.5, 0.6) is 0 Å². The molecule has 4 rings (SSSR count). The van der Waals surface area contributed by atoms with Gasteiger partial charge in [0, 0.05) is 13.2 Å². The first-order valence-corrected chi connectivity index (χ1v) is 15.4. The first-order chi connectivity index (χ1) is 19.0. The second kappa shape index (κ2) is 12.2. The molecule has 0 bridgehead atoms. The van der Waals surface area contributed by atoms with Gasteiger partial charge in [0.15, 0.2) is 0 Å². The molecule has 216 valence electrons. The summed E-state index contributed by atoms with van der Waals surface area (Å²) in [6, 6.07) is 14.0. The summed E-state index contributed by atoms with van der Waals surface area (Å²) in [5.74, 6) is -1.62. The maximum absolute atomic E-state index is 15.6. The zero-order chi connectivity index (χ0) is 29.0. The predicted octanol–water partition coefficient (Wildman–Crippen LogP) is 4.71. The van der Waals surface area contributed by atoms with Crippen LogP contribution >= 0.6 is 0 Å². The summed E-state index contributed by atoms with van der Waals surface area (Å²) in [5.41, 5.74) is -0.150. The Morgan fingerprint density at radius 3 is 2.38 bits per heavy atom. The zero-order valence-electron chi connectivity index (χ0n) is 23.5. The van der Waals surface area contributed by atoms with E-state index >= 15 is 4.39 Å². The topological polar surface area (TPSA) is 112 Å². The van der Waals surface area contributed by atoms with Crippen LogP contribution in [0.2, 0.25) is 0 Å². The number of sulfonamides is 1. The number of nitrogens with one attached hydrogen (secondary N) is 2. The van der Waals surface area contributed by atoms with Crippen LogP contribution in [0.3, 0.4) is 0 Å². The van der Waals surface area contributed by atoms with Crippen molar-refractivity contribution in [3.8, 4) is 6.07 Å². The summed E-state index contributed by atoms with van der Waals surface area (Å²) in [6.45, 7) is 0.756. The molecule has 0 aliphatic heterocycles. The van der Waals surface area contributed by atoms with E-state index in [1.165, 1.54) is 12.7 Å². The Kier molecular flexibility index (Phi) is 9.18. The molecule has 0 saturated heterocycles. The summed E-state index contributed by atoms with van der Waals surface area (Å²) in [4.78, 5) is 14.6. The molecular formula is C30H39FN4O4S. The molecule has 0 aromatic heterocycles. The van der Waals surface area contributed by atoms with Crippen molar-refractivity contribution in [2.45, 2.75) is 79.7 Å². The number of hydrogen-bond acceptors (Lipinski definition) is 7. The SMILES string of the molecule is COC1(C(=O)NS(=O)(=O)c2cc(F)c(N[C@@H](CCN(C)C)CC3(c4ccccc4)CC3)c(C#N)c2)CCCCC1. The standard InChI is InChI=1S/C30H39FN4O4S/c1-35(2)17-12-24(20-29(15-16-29)23-10-6-4-7-11-23)33-27-22(21-32)18-25(19-26(27)31)40(37,38)34-28(36)30(39-3)13-8-5-9-14-30/h4,6-7,10-11,18-19,24,33H,5,8-9,12-17,20H2,1-3H3,(H,34,36)/t24-/m0/s1. The van der Waals surface area contributed by atoms with Crippen molar-refractivity contribution in [1.82, 2.24) is 9.62 Å². The first-order valence-electron chi connectivity index (χ1n) is 13.9. The fourth-order valence-corrected chi connectivity index (χ4v) is 6.84. The number of amides is 1. The molecule has 0 radical (unpaired) electrons. The number of rotatable bonds is 12. The van der Waals surface area contributed by atoms with Gasteiger partial charge in [0.1, 0.15) is 17.5 Å². The number of nitrogens with zero attached hydrogens (tertiary/aromatic N) is 2. The van der Waals surface area contributed by atoms with Crippen molar-refractivity contribution < 1.29 is 22.3 Å². The third-order valence-electron chi connectivity index (χ3n) is 8.34. The minimum atomic E-state index is -4.44. The Balaban J connectivity index is 1.58. The van der Waals surface area contributed by atoms with E-state index in [0.717, 1.165) is 57.2 Å². The molecule has 40 heavy (non-hydrogen) atoms. The number of ether oxygens (including phenoxy) is 1. The molecule has 0 unspecified atom stereocenters. The van der Waals surface area contributed by atoms with Crippen molar-refractivity contribution >= 4 is 21.6 Å². The van der Waals surface area contributed by atoms with Crippen molar-refractivity contribution in [1.29, 1.82) is 5.26 Å². The summed E-state index contributed by atoms with van der Waals surface area (Å²) >= 11 is 0. The van der Waals surface area contributed by atoms with Gasteiger partial charge in [0.25, 0.3) is 15.9 Å². The Hall–Kier alpha value is -3.00. The average Bonchev–Trinajstić information content (AvgIpc) is 3.73. The molecule has 2 aromatic carbocycles. The van der Waals surface area contributed by atoms with E-state index in [1.54, 1.807) is 0 Å². The van der Waals surface area contributed by atoms with Crippen LogP contribution in [-0.2, 0) is 25.0 Å². The number of methoxy groups -OCH3 is 1. The highest BCUT2D eigenvalue weighted by molar-refractivity contribution is 7.90. The highest BCUT2D eigenvalue weighted by Crippen LogP contribution is 2.52. The Labute approximate surface area is 236 Å². The molecule has 2 aliphatic carbocycles. The van der Waals surface area contributed by atoms with E-state index in [2.05, 4.69) is 27.1 Å². The fraction of sp³-hybridized carbons (Fsp3) is 0.533. The molecule has 2 aliphatic rings. The summed E-state index contributed by atoms with van der Waals surface area (Å²) < 4.78 is 49.4. The number of benzene rings is 2. The highest BCUT2D eigenvalue weighted by Gasteiger charge is 2.46. The van der Waals surface area contributed by atoms with Gasteiger partial charge in [0.2, 0.25) is 0 Å². The fourth-order valence-electron chi connectivity index (χ4n) is 5.76. The first kappa shape index (κ1) is 30.0. The number of nitriles is 1. The largest absolute Gasteiger partial charge is 0.379 e. The third kappa shape index (κ3) is 6.65. The lowest BCUT2D eigenvalue weighted by atomic mass is 9.84. The Morgan fingerprint density at radius 1 is 1.12 bits per heavy atom. The molecule has 2 aromatic rings. The molecule has 8 nitrogen and oxygen atoms in total. The van der Waals surface area contributed by atoms with Gasteiger partial charge in [-0.1, -0.05) is 49.6 Å². The third-order valence-corrected chi connectivity index (χ3v) is 9.65. The number of carbonyl (C=O) groups is 1. The number of carbonyl (C=O) groups excluding carboxylic acids is 1. The molecule has 2 saturated carbocycles. The number of anilines is 1. The number of halogens is 1. The Bertz CT molecular complexity index is 1350. The van der Waals surface area contributed by atoms with E-state index < -0.39 is 32.2 Å². The maximum Gasteiger partial charge on any atom is 0.265 e. The number of hydrogen-bond donors (Lipinski definition) is 2. The smallest absolute Gasteiger partial charge is 0.265 e. The van der Waals surface area contributed by atoms with Gasteiger partial charge in [-0.25, -0.2) is 17.5 Å². The zero-order valence-corrected chi connectivity index (χ0v) is 24.3. The highest BCUT2D eigenvalue weighted by atomic mass is 32.2. The van der Waals surface area contributed by atoms with Crippen LogP contribution in [0.1, 0.15) is 68.9 Å². The molecule has 2 fully saturated rings. The quantitative estimate of drug-likeness (QED) is 0.380. The van der Waals surface area contributed by atoms with Crippen molar-refractivity contribution in [3.63, 3.8) is 0 Å². The minimum Gasteiger partial charge on any atom is -0.379 e. The van der Waals surface area contributed by atoms with E-state index in [0.29, 0.717) is 19.3 Å². The molecular weight excluding hydrogens is 531 g/mol. The second-order valence-corrected chi connectivity index (χ2v) is 13.1. The average molecular weight is 571 g/mol. The van der Waals surface area contributed by atoms with Gasteiger partial charge in [0.05, 0.1) is 16.1 Å². The van der Waals surface area contributed by atoms with E-state index in [-0.39, 0.29) is 22.7 Å². The van der Waals surface area contributed by atoms with Crippen LogP contribution in [-0.4, -0.2) is 58.6 Å². The molecule has 1 amide bonds. The van der Waals surface area contributed by atoms with E-state index in [1.807, 2.05) is 38.4 Å². The van der Waals surface area contributed by atoms with Crippen molar-refractivity contribution in [2.24, 2.45) is 0 Å². The minimum absolute atomic E-state index is 0.00148. The van der Waals surface area contributed by atoms with Crippen LogP contribution in [0.4, 0.5) is 10.1 Å². The maximum atomic E-state index is 15.6. The lowest BCUT2D eigenvalue weighted by molar-refractivity contribution is -0.145. The van der Waals surface area contributed by atoms with E-state index in [9.17, 15) is 18.5 Å². The van der Waals surface area contributed by atoms with Crippen molar-refractivity contribution in [3.05, 3.63) is 59.4 Å². The molecule has 1 atom stereocenters. The van der Waals surface area contributed by atoms with Gasteiger partial charge in [-0.05, 0) is 82.3 Å². The van der Waals surface area contributed by atoms with E-state index in [4.69, 9.17) is 4.74 Å². The summed E-state index contributed by atoms with van der Waals surface area (Å²) in [7, 11) is 0.891. The lowest BCUT2D eigenvalue weighted by Gasteiger charge is -2.34. The van der Waals surface area contributed by atoms with Crippen LogP contribution in [0.15, 0.2) is 47.4 Å². The Morgan fingerprint density at radius 2 is 1.80 bits per heavy atom. The van der Waals surface area contributed by atoms with Gasteiger partial charge >= 0.3 is 0 Å². The second-order valence-electron chi connectivity index (χ2n) is 11.4. The van der Waals surface area contributed by atoms with Crippen LogP contribution in [0.25, 0.3) is 0 Å². The summed E-state index contributed by atoms with van der Waals surface area (Å²) in [5, 5.41) is 13.1. The van der Waals surface area contributed by atoms with Crippen LogP contribution < -0.4 is 10.0 Å². The van der Waals surface area contributed by atoms with Gasteiger partial charge in [-0.2, -0.15) is 5.26 Å². The summed E-state index contributed by atoms with van der Waals surface area (Å²) in [6.07, 6.45) is 6.78. The molecule has 10 heteroatoms. The van der Waals surface area contributed by atoms with Crippen molar-refractivity contribution in [2.75, 3.05) is 33.1 Å². The predicted molar refractivity (Wildman–Crippen MR) is 152 cm³/mol. The van der Waals surface area contributed by atoms with Crippen LogP contribution in [0, 0.1) is 17.1 Å². The van der Waals surface area contributed by atoms with Gasteiger partial charge in [-0.3, -0.25) is 4.79 Å². The molecule has 0 heterocycles. The monoisotopic (exact) mass is 570 g/mol. The van der Waals surface area contributed by atoms with Gasteiger partial charge < -0.3 is 15.0 Å². The van der Waals surface area contributed by atoms with Gasteiger partial charge in [-0.15, -0.1) is 0 Å². The molecule has 0 spiro atoms. The normalized spacial score (nSPS) is 18.5.